The van der Waals surface area contributed by atoms with Crippen LogP contribution in [0.5, 0.6) is 0 Å². The first kappa shape index (κ1) is 25.7. The van der Waals surface area contributed by atoms with E-state index in [4.69, 9.17) is 9.51 Å². The van der Waals surface area contributed by atoms with E-state index in [1.54, 1.807) is 0 Å². The Labute approximate surface area is 223 Å². The van der Waals surface area contributed by atoms with Crippen molar-refractivity contribution in [3.63, 3.8) is 0 Å². The number of anilines is 4. The van der Waals surface area contributed by atoms with Gasteiger partial charge in [-0.1, -0.05) is 49.3 Å². The van der Waals surface area contributed by atoms with Crippen LogP contribution in [0, 0.1) is 0 Å². The second-order valence-electron chi connectivity index (χ2n) is 9.92. The van der Waals surface area contributed by atoms with Crippen molar-refractivity contribution in [3.05, 3.63) is 60.0 Å². The monoisotopic (exact) mass is 516 g/mol. The maximum Gasteiger partial charge on any atom is 0.227 e. The smallest absolute Gasteiger partial charge is 0.227 e. The molecule has 1 aromatic carbocycles. The normalized spacial score (nSPS) is 14.6. The zero-order chi connectivity index (χ0) is 26.3. The molecule has 0 saturated carbocycles. The number of hydrogen-bond donors (Lipinski definition) is 4. The van der Waals surface area contributed by atoms with Crippen molar-refractivity contribution in [2.24, 2.45) is 0 Å². The summed E-state index contributed by atoms with van der Waals surface area (Å²) < 4.78 is 5.54. The summed E-state index contributed by atoms with van der Waals surface area (Å²) in [6, 6.07) is 15.8. The fourth-order valence-electron chi connectivity index (χ4n) is 4.23. The summed E-state index contributed by atoms with van der Waals surface area (Å²) >= 11 is 0. The van der Waals surface area contributed by atoms with Gasteiger partial charge >= 0.3 is 0 Å². The van der Waals surface area contributed by atoms with Gasteiger partial charge in [-0.25, -0.2) is 0 Å². The minimum absolute atomic E-state index is 0.357. The van der Waals surface area contributed by atoms with Crippen molar-refractivity contribution < 1.29 is 4.52 Å². The van der Waals surface area contributed by atoms with Gasteiger partial charge in [-0.3, -0.25) is 10.00 Å². The second kappa shape index (κ2) is 12.1. The Kier molecular flexibility index (Phi) is 8.15. The lowest BCUT2D eigenvalue weighted by Gasteiger charge is -2.32. The van der Waals surface area contributed by atoms with Crippen LogP contribution in [-0.2, 0) is 6.54 Å². The van der Waals surface area contributed by atoms with Crippen molar-refractivity contribution in [1.29, 1.82) is 0 Å². The summed E-state index contributed by atoms with van der Waals surface area (Å²) in [5.41, 5.74) is 2.87. The first-order chi connectivity index (χ1) is 18.5. The van der Waals surface area contributed by atoms with Gasteiger partial charge in [0.2, 0.25) is 5.95 Å². The molecular weight excluding hydrogens is 480 g/mol. The summed E-state index contributed by atoms with van der Waals surface area (Å²) in [5, 5.41) is 21.7. The van der Waals surface area contributed by atoms with Gasteiger partial charge in [-0.15, -0.1) is 0 Å². The topological polar surface area (TPSA) is 123 Å². The predicted octanol–water partition coefficient (Wildman–Crippen LogP) is 3.99. The molecule has 0 radical (unpaired) electrons. The Hall–Kier alpha value is -3.96. The van der Waals surface area contributed by atoms with E-state index in [1.807, 2.05) is 48.5 Å². The van der Waals surface area contributed by atoms with Gasteiger partial charge in [0.15, 0.2) is 11.6 Å². The molecule has 0 amide bonds. The third-order valence-electron chi connectivity index (χ3n) is 6.58. The quantitative estimate of drug-likeness (QED) is 0.233. The van der Waals surface area contributed by atoms with Crippen LogP contribution in [0.3, 0.4) is 0 Å². The van der Waals surface area contributed by atoms with Gasteiger partial charge in [-0.05, 0) is 13.0 Å². The highest BCUT2D eigenvalue weighted by Gasteiger charge is 2.14. The van der Waals surface area contributed by atoms with Crippen LogP contribution in [0.1, 0.15) is 31.2 Å². The van der Waals surface area contributed by atoms with Crippen LogP contribution >= 0.6 is 0 Å². The number of piperazine rings is 1. The maximum absolute atomic E-state index is 5.54. The number of nitrogens with zero attached hydrogens (tertiary/aromatic N) is 6. The Bertz CT molecular complexity index is 1290. The van der Waals surface area contributed by atoms with Crippen LogP contribution < -0.4 is 16.0 Å². The van der Waals surface area contributed by atoms with Crippen LogP contribution in [0.2, 0.25) is 0 Å². The van der Waals surface area contributed by atoms with E-state index in [0.717, 1.165) is 62.0 Å². The van der Waals surface area contributed by atoms with Gasteiger partial charge in [0.1, 0.15) is 17.3 Å². The van der Waals surface area contributed by atoms with E-state index < -0.39 is 0 Å². The zero-order valence-electron chi connectivity index (χ0n) is 22.2. The average Bonchev–Trinajstić information content (AvgIpc) is 3.59. The maximum atomic E-state index is 5.54. The molecule has 0 bridgehead atoms. The predicted molar refractivity (Wildman–Crippen MR) is 150 cm³/mol. The molecule has 1 saturated heterocycles. The summed E-state index contributed by atoms with van der Waals surface area (Å²) in [7, 11) is 2.17. The van der Waals surface area contributed by atoms with Crippen molar-refractivity contribution >= 4 is 23.4 Å². The van der Waals surface area contributed by atoms with Crippen molar-refractivity contribution in [1.82, 2.24) is 35.1 Å². The Morgan fingerprint density at radius 3 is 2.50 bits per heavy atom. The molecule has 5 rings (SSSR count). The molecule has 11 heteroatoms. The lowest BCUT2D eigenvalue weighted by molar-refractivity contribution is 0.158. The first-order valence-electron chi connectivity index (χ1n) is 13.1. The lowest BCUT2D eigenvalue weighted by atomic mass is 10.1. The highest BCUT2D eigenvalue weighted by Crippen LogP contribution is 2.22. The van der Waals surface area contributed by atoms with Gasteiger partial charge in [-0.2, -0.15) is 15.1 Å². The molecule has 3 aromatic heterocycles. The molecule has 4 aromatic rings. The SMILES string of the molecule is CC(C)c1cc(Nc2cc(NCCN3CCN(C)CC3)nc(NCc3cc(-c4ccccc4)no3)n2)n[nH]1. The van der Waals surface area contributed by atoms with E-state index in [0.29, 0.717) is 35.8 Å². The van der Waals surface area contributed by atoms with Gasteiger partial charge in [0, 0.05) is 68.7 Å². The molecule has 4 N–H and O–H groups in total. The Morgan fingerprint density at radius 1 is 0.947 bits per heavy atom. The number of hydrogen-bond acceptors (Lipinski definition) is 10. The summed E-state index contributed by atoms with van der Waals surface area (Å²) in [5.74, 6) is 3.63. The number of nitrogens with one attached hydrogen (secondary N) is 4. The average molecular weight is 517 g/mol. The number of aromatic nitrogens is 5. The van der Waals surface area contributed by atoms with Gasteiger partial charge in [0.25, 0.3) is 0 Å². The minimum atomic E-state index is 0.357. The zero-order valence-corrected chi connectivity index (χ0v) is 22.2. The molecule has 0 spiro atoms. The molecule has 38 heavy (non-hydrogen) atoms. The van der Waals surface area contributed by atoms with E-state index in [9.17, 15) is 0 Å². The van der Waals surface area contributed by atoms with Gasteiger partial charge < -0.3 is 25.4 Å². The standard InChI is InChI=1S/C27H36N10O/c1-19(2)22-16-26(34-33-22)30-25-17-24(28-9-10-37-13-11-36(3)12-14-37)31-27(32-25)29-18-21-15-23(35-38-21)20-7-5-4-6-8-20/h4-8,15-17,19H,9-14,18H2,1-3H3,(H4,28,29,30,31,32,33,34). The molecular formula is C27H36N10O. The van der Waals surface area contributed by atoms with Crippen LogP contribution in [-0.4, -0.2) is 81.4 Å². The number of H-pyrrole nitrogens is 1. The summed E-state index contributed by atoms with van der Waals surface area (Å²) in [4.78, 5) is 14.2. The highest BCUT2D eigenvalue weighted by atomic mass is 16.5. The number of benzene rings is 1. The van der Waals surface area contributed by atoms with Crippen LogP contribution in [0.25, 0.3) is 11.3 Å². The number of likely N-dealkylation sites (N-methyl/N-ethyl adjacent to an activating group) is 1. The summed E-state index contributed by atoms with van der Waals surface area (Å²) in [6.07, 6.45) is 0. The van der Waals surface area contributed by atoms with E-state index >= 15 is 0 Å². The molecule has 0 aliphatic carbocycles. The van der Waals surface area contributed by atoms with E-state index in [2.05, 4.69) is 67.0 Å². The Balaban J connectivity index is 1.26. The third-order valence-corrected chi connectivity index (χ3v) is 6.58. The molecule has 11 nitrogen and oxygen atoms in total. The second-order valence-corrected chi connectivity index (χ2v) is 9.92. The van der Waals surface area contributed by atoms with E-state index in [1.165, 1.54) is 0 Å². The molecule has 0 atom stereocenters. The van der Waals surface area contributed by atoms with Crippen LogP contribution in [0.15, 0.2) is 53.1 Å². The molecule has 4 heterocycles. The fourth-order valence-corrected chi connectivity index (χ4v) is 4.23. The lowest BCUT2D eigenvalue weighted by Crippen LogP contribution is -2.45. The Morgan fingerprint density at radius 2 is 1.74 bits per heavy atom. The summed E-state index contributed by atoms with van der Waals surface area (Å²) in [6.45, 7) is 10.8. The fraction of sp³-hybridized carbons (Fsp3) is 0.407. The van der Waals surface area contributed by atoms with E-state index in [-0.39, 0.29) is 0 Å². The van der Waals surface area contributed by atoms with Crippen molar-refractivity contribution in [2.45, 2.75) is 26.3 Å². The minimum Gasteiger partial charge on any atom is -0.369 e. The van der Waals surface area contributed by atoms with Crippen LogP contribution in [0.4, 0.5) is 23.4 Å². The molecule has 0 unspecified atom stereocenters. The first-order valence-corrected chi connectivity index (χ1v) is 13.1. The van der Waals surface area contributed by atoms with Crippen molar-refractivity contribution in [2.75, 3.05) is 62.3 Å². The molecule has 200 valence electrons. The third kappa shape index (κ3) is 6.87. The molecule has 1 aliphatic heterocycles. The molecule has 1 fully saturated rings. The number of rotatable bonds is 11. The molecule has 1 aliphatic rings. The van der Waals surface area contributed by atoms with Gasteiger partial charge in [0.05, 0.1) is 6.54 Å². The van der Waals surface area contributed by atoms with Crippen molar-refractivity contribution in [3.8, 4) is 11.3 Å². The highest BCUT2D eigenvalue weighted by molar-refractivity contribution is 5.60. The largest absolute Gasteiger partial charge is 0.369 e. The number of aromatic amines is 1.